The Hall–Kier alpha value is -1.89. The fourth-order valence-corrected chi connectivity index (χ4v) is 2.78. The number of hydrogen-bond donors (Lipinski definition) is 0. The Morgan fingerprint density at radius 3 is 2.43 bits per heavy atom. The number of nitrogens with zero attached hydrogens (tertiary/aromatic N) is 1. The quantitative estimate of drug-likeness (QED) is 0.238. The zero-order valence-corrected chi connectivity index (χ0v) is 14.5. The van der Waals surface area contributed by atoms with E-state index in [1.165, 1.54) is 14.2 Å². The van der Waals surface area contributed by atoms with Crippen molar-refractivity contribution in [3.63, 3.8) is 0 Å². The molecular weight excluding hydrogens is 366 g/mol. The van der Waals surface area contributed by atoms with Gasteiger partial charge in [0.25, 0.3) is 0 Å². The van der Waals surface area contributed by atoms with E-state index in [1.807, 2.05) is 24.3 Å². The third-order valence-corrected chi connectivity index (χ3v) is 4.44. The number of carbonyl (C=O) groups is 2. The Balaban J connectivity index is 1.80. The summed E-state index contributed by atoms with van der Waals surface area (Å²) in [6, 6.07) is 7.62. The molecule has 1 atom stereocenters. The Bertz CT molecular complexity index is 583. The fourth-order valence-electron chi connectivity index (χ4n) is 2.52. The number of esters is 2. The summed E-state index contributed by atoms with van der Waals surface area (Å²) < 4.78 is 10.4. The van der Waals surface area contributed by atoms with Gasteiger partial charge in [-0.2, -0.15) is 0 Å². The standard InChI is InChI=1S/C16H18BrNO5/c1-21-14(19)16(15(20)22-2)9-12(16)7-8-23-18-10-11-3-5-13(17)6-4-11/h3-6,10,12H,7-9H2,1-2H3/b18-10-/t12-/m0/s1. The van der Waals surface area contributed by atoms with Crippen LogP contribution in [0.5, 0.6) is 0 Å². The van der Waals surface area contributed by atoms with Gasteiger partial charge in [-0.25, -0.2) is 0 Å². The maximum absolute atomic E-state index is 11.8. The molecule has 0 aliphatic heterocycles. The van der Waals surface area contributed by atoms with E-state index in [0.717, 1.165) is 10.0 Å². The van der Waals surface area contributed by atoms with Crippen LogP contribution < -0.4 is 0 Å². The van der Waals surface area contributed by atoms with Gasteiger partial charge in [0.05, 0.1) is 20.4 Å². The topological polar surface area (TPSA) is 74.2 Å². The molecule has 1 aromatic carbocycles. The summed E-state index contributed by atoms with van der Waals surface area (Å²) >= 11 is 3.36. The van der Waals surface area contributed by atoms with Gasteiger partial charge in [0.1, 0.15) is 6.61 Å². The SMILES string of the molecule is COC(=O)C1(C(=O)OC)C[C@@H]1CCO/N=C\c1ccc(Br)cc1. The van der Waals surface area contributed by atoms with E-state index in [0.29, 0.717) is 19.4 Å². The van der Waals surface area contributed by atoms with Crippen molar-refractivity contribution >= 4 is 34.1 Å². The normalized spacial score (nSPS) is 18.5. The molecule has 2 rings (SSSR count). The lowest BCUT2D eigenvalue weighted by Gasteiger charge is -2.11. The molecule has 1 aliphatic carbocycles. The molecular formula is C16H18BrNO5. The Morgan fingerprint density at radius 2 is 1.87 bits per heavy atom. The molecule has 0 unspecified atom stereocenters. The Labute approximate surface area is 142 Å². The van der Waals surface area contributed by atoms with E-state index in [9.17, 15) is 9.59 Å². The summed E-state index contributed by atoms with van der Waals surface area (Å²) in [6.45, 7) is 0.313. The van der Waals surface area contributed by atoms with E-state index in [1.54, 1.807) is 6.21 Å². The number of rotatable bonds is 7. The molecule has 0 aromatic heterocycles. The second-order valence-corrected chi connectivity index (χ2v) is 6.18. The van der Waals surface area contributed by atoms with Gasteiger partial charge in [0, 0.05) is 4.47 Å². The molecule has 0 amide bonds. The second-order valence-electron chi connectivity index (χ2n) is 5.26. The van der Waals surface area contributed by atoms with Crippen molar-refractivity contribution in [1.82, 2.24) is 0 Å². The first-order chi connectivity index (χ1) is 11.0. The van der Waals surface area contributed by atoms with Crippen molar-refractivity contribution in [2.24, 2.45) is 16.5 Å². The van der Waals surface area contributed by atoms with Gasteiger partial charge in [0.15, 0.2) is 5.41 Å². The van der Waals surface area contributed by atoms with Gasteiger partial charge in [-0.1, -0.05) is 33.2 Å². The van der Waals surface area contributed by atoms with Crippen LogP contribution in [0, 0.1) is 11.3 Å². The monoisotopic (exact) mass is 383 g/mol. The van der Waals surface area contributed by atoms with Gasteiger partial charge in [-0.05, 0) is 36.5 Å². The highest BCUT2D eigenvalue weighted by atomic mass is 79.9. The van der Waals surface area contributed by atoms with Crippen molar-refractivity contribution in [2.75, 3.05) is 20.8 Å². The maximum atomic E-state index is 11.8. The molecule has 0 spiro atoms. The number of carbonyl (C=O) groups excluding carboxylic acids is 2. The molecule has 7 heteroatoms. The van der Waals surface area contributed by atoms with Gasteiger partial charge in [-0.15, -0.1) is 0 Å². The van der Waals surface area contributed by atoms with Crippen LogP contribution in [0.3, 0.4) is 0 Å². The smallest absolute Gasteiger partial charge is 0.323 e. The van der Waals surface area contributed by atoms with Crippen LogP contribution >= 0.6 is 15.9 Å². The predicted molar refractivity (Wildman–Crippen MR) is 86.9 cm³/mol. The molecule has 1 aliphatic rings. The highest BCUT2D eigenvalue weighted by Gasteiger charge is 2.67. The first kappa shape index (κ1) is 17.5. The van der Waals surface area contributed by atoms with Gasteiger partial charge in [-0.3, -0.25) is 9.59 Å². The first-order valence-electron chi connectivity index (χ1n) is 7.12. The van der Waals surface area contributed by atoms with E-state index in [4.69, 9.17) is 14.3 Å². The summed E-state index contributed by atoms with van der Waals surface area (Å²) in [5.74, 6) is -1.23. The highest BCUT2D eigenvalue weighted by Crippen LogP contribution is 2.56. The first-order valence-corrected chi connectivity index (χ1v) is 7.91. The molecule has 1 saturated carbocycles. The van der Waals surface area contributed by atoms with E-state index in [2.05, 4.69) is 21.1 Å². The van der Waals surface area contributed by atoms with Crippen LogP contribution in [-0.4, -0.2) is 39.0 Å². The molecule has 0 bridgehead atoms. The largest absolute Gasteiger partial charge is 0.468 e. The number of ether oxygens (including phenoxy) is 2. The second kappa shape index (κ2) is 7.59. The number of methoxy groups -OCH3 is 2. The number of oxime groups is 1. The Morgan fingerprint density at radius 1 is 1.26 bits per heavy atom. The van der Waals surface area contributed by atoms with Crippen LogP contribution in [0.4, 0.5) is 0 Å². The highest BCUT2D eigenvalue weighted by molar-refractivity contribution is 9.10. The molecule has 0 heterocycles. The van der Waals surface area contributed by atoms with Crippen molar-refractivity contribution in [2.45, 2.75) is 12.8 Å². The van der Waals surface area contributed by atoms with Crippen LogP contribution in [0.2, 0.25) is 0 Å². The maximum Gasteiger partial charge on any atom is 0.323 e. The van der Waals surface area contributed by atoms with Gasteiger partial charge < -0.3 is 14.3 Å². The van der Waals surface area contributed by atoms with Crippen molar-refractivity contribution in [3.05, 3.63) is 34.3 Å². The lowest BCUT2D eigenvalue weighted by atomic mass is 10.0. The third-order valence-electron chi connectivity index (χ3n) is 3.91. The van der Waals surface area contributed by atoms with E-state index < -0.39 is 17.4 Å². The zero-order valence-electron chi connectivity index (χ0n) is 13.0. The fraction of sp³-hybridized carbons (Fsp3) is 0.438. The minimum absolute atomic E-state index is 0.134. The van der Waals surface area contributed by atoms with Gasteiger partial charge in [0.2, 0.25) is 0 Å². The predicted octanol–water partition coefficient (Wildman–Crippen LogP) is 2.54. The van der Waals surface area contributed by atoms with Crippen molar-refractivity contribution in [3.8, 4) is 0 Å². The Kier molecular flexibility index (Phi) is 5.76. The van der Waals surface area contributed by atoms with Crippen molar-refractivity contribution < 1.29 is 23.9 Å². The third kappa shape index (κ3) is 3.90. The van der Waals surface area contributed by atoms with E-state index >= 15 is 0 Å². The summed E-state index contributed by atoms with van der Waals surface area (Å²) in [5.41, 5.74) is -0.250. The van der Waals surface area contributed by atoms with Crippen molar-refractivity contribution in [1.29, 1.82) is 0 Å². The molecule has 6 nitrogen and oxygen atoms in total. The van der Waals surface area contributed by atoms with E-state index in [-0.39, 0.29) is 5.92 Å². The summed E-state index contributed by atoms with van der Waals surface area (Å²) in [4.78, 5) is 28.8. The lowest BCUT2D eigenvalue weighted by Crippen LogP contribution is -2.30. The molecule has 1 aromatic rings. The number of hydrogen-bond acceptors (Lipinski definition) is 6. The molecule has 0 radical (unpaired) electrons. The average Bonchev–Trinajstić information content (AvgIpc) is 3.30. The van der Waals surface area contributed by atoms with Crippen LogP contribution in [0.1, 0.15) is 18.4 Å². The molecule has 124 valence electrons. The van der Waals surface area contributed by atoms with Gasteiger partial charge >= 0.3 is 11.9 Å². The zero-order chi connectivity index (χ0) is 16.9. The molecule has 0 saturated heterocycles. The minimum Gasteiger partial charge on any atom is -0.468 e. The molecule has 1 fully saturated rings. The number of halogens is 1. The van der Waals surface area contributed by atoms with Crippen LogP contribution in [0.25, 0.3) is 0 Å². The number of benzene rings is 1. The summed E-state index contributed by atoms with van der Waals surface area (Å²) in [6.07, 6.45) is 2.56. The molecule has 23 heavy (non-hydrogen) atoms. The minimum atomic E-state index is -1.16. The molecule has 0 N–H and O–H groups in total. The summed E-state index contributed by atoms with van der Waals surface area (Å²) in [7, 11) is 2.53. The average molecular weight is 384 g/mol. The summed E-state index contributed by atoms with van der Waals surface area (Å²) in [5, 5.41) is 3.88. The van der Waals surface area contributed by atoms with Crippen LogP contribution in [-0.2, 0) is 23.9 Å². The van der Waals surface area contributed by atoms with Crippen LogP contribution in [0.15, 0.2) is 33.9 Å². The lowest BCUT2D eigenvalue weighted by molar-refractivity contribution is -0.162.